The van der Waals surface area contributed by atoms with Gasteiger partial charge in [0.25, 0.3) is 0 Å². The predicted octanol–water partition coefficient (Wildman–Crippen LogP) is 3.07. The quantitative estimate of drug-likeness (QED) is 0.871. The van der Waals surface area contributed by atoms with Gasteiger partial charge in [0.05, 0.1) is 23.3 Å². The van der Waals surface area contributed by atoms with Crippen molar-refractivity contribution in [1.29, 1.82) is 10.5 Å². The minimum atomic E-state index is -0.435. The number of nitrogens with one attached hydrogen (secondary N) is 2. The zero-order valence-electron chi connectivity index (χ0n) is 10.4. The Kier molecular flexibility index (Phi) is 3.96. The van der Waals surface area contributed by atoms with E-state index in [0.29, 0.717) is 22.5 Å². The number of carbonyl (C=O) groups is 1. The number of hydrogen-bond acceptors (Lipinski definition) is 3. The Morgan fingerprint density at radius 2 is 1.30 bits per heavy atom. The number of carbonyl (C=O) groups excluding carboxylic acids is 1. The lowest BCUT2D eigenvalue weighted by molar-refractivity contribution is 0.262. The second-order valence-electron chi connectivity index (χ2n) is 3.96. The maximum atomic E-state index is 11.8. The highest BCUT2D eigenvalue weighted by molar-refractivity contribution is 5.99. The van der Waals surface area contributed by atoms with Crippen LogP contribution in [0.15, 0.2) is 48.5 Å². The molecule has 2 rings (SSSR count). The van der Waals surface area contributed by atoms with Gasteiger partial charge in [-0.3, -0.25) is 0 Å². The second-order valence-corrected chi connectivity index (χ2v) is 3.96. The Hall–Kier alpha value is -3.31. The summed E-state index contributed by atoms with van der Waals surface area (Å²) < 4.78 is 0. The molecule has 2 N–H and O–H groups in total. The van der Waals surface area contributed by atoms with Crippen LogP contribution in [0.5, 0.6) is 0 Å². The molecule has 0 spiro atoms. The fourth-order valence-corrected chi connectivity index (χ4v) is 1.63. The van der Waals surface area contributed by atoms with Crippen molar-refractivity contribution in [3.63, 3.8) is 0 Å². The summed E-state index contributed by atoms with van der Waals surface area (Å²) in [6, 6.07) is 16.8. The lowest BCUT2D eigenvalue weighted by Gasteiger charge is -2.07. The summed E-state index contributed by atoms with van der Waals surface area (Å²) in [5.74, 6) is 0. The Bertz CT molecular complexity index is 664. The van der Waals surface area contributed by atoms with Gasteiger partial charge in [-0.15, -0.1) is 0 Å². The summed E-state index contributed by atoms with van der Waals surface area (Å²) in [6.07, 6.45) is 0. The van der Waals surface area contributed by atoms with Crippen LogP contribution in [0, 0.1) is 22.7 Å². The molecule has 0 aromatic heterocycles. The zero-order chi connectivity index (χ0) is 14.4. The van der Waals surface area contributed by atoms with Crippen molar-refractivity contribution < 1.29 is 4.79 Å². The molecule has 0 saturated heterocycles. The summed E-state index contributed by atoms with van der Waals surface area (Å²) in [4.78, 5) is 11.8. The van der Waals surface area contributed by atoms with Gasteiger partial charge in [-0.2, -0.15) is 10.5 Å². The number of hydrogen-bond donors (Lipinski definition) is 2. The van der Waals surface area contributed by atoms with Crippen LogP contribution in [0.25, 0.3) is 0 Å². The minimum absolute atomic E-state index is 0.435. The molecule has 0 heterocycles. The molecule has 0 fully saturated rings. The largest absolute Gasteiger partial charge is 0.323 e. The zero-order valence-corrected chi connectivity index (χ0v) is 10.4. The smallest absolute Gasteiger partial charge is 0.308 e. The molecule has 0 atom stereocenters. The maximum Gasteiger partial charge on any atom is 0.323 e. The van der Waals surface area contributed by atoms with Gasteiger partial charge in [0, 0.05) is 11.4 Å². The molecule has 0 unspecified atom stereocenters. The SMILES string of the molecule is N#Cc1cccc(NC(=O)Nc2cccc(C#N)c2)c1. The normalized spacial score (nSPS) is 9.10. The summed E-state index contributed by atoms with van der Waals surface area (Å²) in [6.45, 7) is 0. The van der Waals surface area contributed by atoms with E-state index < -0.39 is 6.03 Å². The third-order valence-corrected chi connectivity index (χ3v) is 2.50. The van der Waals surface area contributed by atoms with Crippen LogP contribution in [0.1, 0.15) is 11.1 Å². The Balaban J connectivity index is 2.05. The Morgan fingerprint density at radius 3 is 1.70 bits per heavy atom. The van der Waals surface area contributed by atoms with Crippen LogP contribution in [-0.4, -0.2) is 6.03 Å². The lowest BCUT2D eigenvalue weighted by Crippen LogP contribution is -2.19. The first-order chi connectivity index (χ1) is 9.71. The Morgan fingerprint density at radius 1 is 0.850 bits per heavy atom. The highest BCUT2D eigenvalue weighted by Crippen LogP contribution is 2.12. The highest BCUT2D eigenvalue weighted by Gasteiger charge is 2.03. The molecular formula is C15H10N4O. The molecule has 0 radical (unpaired) electrons. The molecule has 2 amide bonds. The van der Waals surface area contributed by atoms with Crippen molar-refractivity contribution in [2.24, 2.45) is 0 Å². The van der Waals surface area contributed by atoms with Crippen molar-refractivity contribution in [3.8, 4) is 12.1 Å². The monoisotopic (exact) mass is 262 g/mol. The van der Waals surface area contributed by atoms with Gasteiger partial charge in [0.1, 0.15) is 0 Å². The molecule has 0 aliphatic heterocycles. The van der Waals surface area contributed by atoms with Crippen LogP contribution in [0.2, 0.25) is 0 Å². The van der Waals surface area contributed by atoms with E-state index in [-0.39, 0.29) is 0 Å². The summed E-state index contributed by atoms with van der Waals surface area (Å²) in [5, 5.41) is 22.8. The lowest BCUT2D eigenvalue weighted by atomic mass is 10.2. The van der Waals surface area contributed by atoms with Crippen molar-refractivity contribution in [2.75, 3.05) is 10.6 Å². The minimum Gasteiger partial charge on any atom is -0.308 e. The van der Waals surface area contributed by atoms with Gasteiger partial charge in [0.2, 0.25) is 0 Å². The van der Waals surface area contributed by atoms with Crippen LogP contribution < -0.4 is 10.6 Å². The van der Waals surface area contributed by atoms with Gasteiger partial charge >= 0.3 is 6.03 Å². The van der Waals surface area contributed by atoms with Crippen LogP contribution in [0.3, 0.4) is 0 Å². The van der Waals surface area contributed by atoms with Crippen molar-refractivity contribution in [2.45, 2.75) is 0 Å². The third kappa shape index (κ3) is 3.34. The van der Waals surface area contributed by atoms with Crippen molar-refractivity contribution >= 4 is 17.4 Å². The molecule has 96 valence electrons. The molecular weight excluding hydrogens is 252 g/mol. The number of amides is 2. The number of rotatable bonds is 2. The fraction of sp³-hybridized carbons (Fsp3) is 0. The van der Waals surface area contributed by atoms with Crippen LogP contribution in [0.4, 0.5) is 16.2 Å². The first-order valence-electron chi connectivity index (χ1n) is 5.79. The average molecular weight is 262 g/mol. The molecule has 2 aromatic carbocycles. The second kappa shape index (κ2) is 6.03. The topological polar surface area (TPSA) is 88.7 Å². The van der Waals surface area contributed by atoms with Crippen LogP contribution >= 0.6 is 0 Å². The van der Waals surface area contributed by atoms with Gasteiger partial charge in [-0.1, -0.05) is 12.1 Å². The molecule has 5 heteroatoms. The van der Waals surface area contributed by atoms with E-state index in [1.165, 1.54) is 0 Å². The molecule has 5 nitrogen and oxygen atoms in total. The van der Waals surface area contributed by atoms with E-state index in [1.54, 1.807) is 48.5 Å². The number of anilines is 2. The summed E-state index contributed by atoms with van der Waals surface area (Å²) >= 11 is 0. The van der Waals surface area contributed by atoms with E-state index in [2.05, 4.69) is 10.6 Å². The summed E-state index contributed by atoms with van der Waals surface area (Å²) in [5.41, 5.74) is 1.99. The average Bonchev–Trinajstić information content (AvgIpc) is 2.47. The first-order valence-corrected chi connectivity index (χ1v) is 5.79. The van der Waals surface area contributed by atoms with E-state index in [0.717, 1.165) is 0 Å². The first kappa shape index (κ1) is 13.1. The highest BCUT2D eigenvalue weighted by atomic mass is 16.2. The van der Waals surface area contributed by atoms with Gasteiger partial charge in [0.15, 0.2) is 0 Å². The molecule has 20 heavy (non-hydrogen) atoms. The van der Waals surface area contributed by atoms with E-state index in [4.69, 9.17) is 10.5 Å². The van der Waals surface area contributed by atoms with Gasteiger partial charge in [-0.05, 0) is 36.4 Å². The van der Waals surface area contributed by atoms with E-state index in [9.17, 15) is 4.79 Å². The molecule has 0 saturated carbocycles. The van der Waals surface area contributed by atoms with Crippen molar-refractivity contribution in [1.82, 2.24) is 0 Å². The Labute approximate surface area is 116 Å². The molecule has 0 bridgehead atoms. The van der Waals surface area contributed by atoms with Crippen LogP contribution in [-0.2, 0) is 0 Å². The van der Waals surface area contributed by atoms with Gasteiger partial charge < -0.3 is 10.6 Å². The number of nitrogens with zero attached hydrogens (tertiary/aromatic N) is 2. The van der Waals surface area contributed by atoms with E-state index >= 15 is 0 Å². The number of nitriles is 2. The number of benzene rings is 2. The fourth-order valence-electron chi connectivity index (χ4n) is 1.63. The molecule has 2 aromatic rings. The standard InChI is InChI=1S/C15H10N4O/c16-9-11-3-1-5-13(7-11)18-15(20)19-14-6-2-4-12(8-14)10-17/h1-8H,(H2,18,19,20). The third-order valence-electron chi connectivity index (χ3n) is 2.50. The van der Waals surface area contributed by atoms with Gasteiger partial charge in [-0.25, -0.2) is 4.79 Å². The molecule has 0 aliphatic carbocycles. The predicted molar refractivity (Wildman–Crippen MR) is 75.0 cm³/mol. The number of urea groups is 1. The van der Waals surface area contributed by atoms with Crippen molar-refractivity contribution in [3.05, 3.63) is 59.7 Å². The van der Waals surface area contributed by atoms with E-state index in [1.807, 2.05) is 12.1 Å². The maximum absolute atomic E-state index is 11.8. The molecule has 0 aliphatic rings. The summed E-state index contributed by atoms with van der Waals surface area (Å²) in [7, 11) is 0.